The number of nitro benzene ring substituents is 1. The Bertz CT molecular complexity index is 813. The first-order valence-corrected chi connectivity index (χ1v) is 7.68. The average Bonchev–Trinajstić information content (AvgIpc) is 2.89. The van der Waals surface area contributed by atoms with Gasteiger partial charge in [-0.1, -0.05) is 12.1 Å². The van der Waals surface area contributed by atoms with Crippen LogP contribution in [-0.2, 0) is 6.42 Å². The lowest BCUT2D eigenvalue weighted by Gasteiger charge is -2.01. The van der Waals surface area contributed by atoms with Crippen molar-refractivity contribution in [2.24, 2.45) is 0 Å². The second-order valence-corrected chi connectivity index (χ2v) is 6.29. The number of benzene rings is 1. The van der Waals surface area contributed by atoms with E-state index in [2.05, 4.69) is 18.0 Å². The Morgan fingerprint density at radius 2 is 1.95 bits per heavy atom. The number of hydrogen-bond acceptors (Lipinski definition) is 4. The molecule has 0 aliphatic carbocycles. The summed E-state index contributed by atoms with van der Waals surface area (Å²) in [6.45, 7) is 2.09. The Labute approximate surface area is 132 Å². The molecular formula is C17H14N2O2S. The molecule has 3 rings (SSSR count). The zero-order chi connectivity index (χ0) is 15.5. The van der Waals surface area contributed by atoms with E-state index < -0.39 is 0 Å². The van der Waals surface area contributed by atoms with Gasteiger partial charge in [-0.2, -0.15) is 0 Å². The highest BCUT2D eigenvalue weighted by molar-refractivity contribution is 7.15. The van der Waals surface area contributed by atoms with Gasteiger partial charge in [0.05, 0.1) is 4.92 Å². The van der Waals surface area contributed by atoms with Gasteiger partial charge in [-0.3, -0.25) is 15.1 Å². The lowest BCUT2D eigenvalue weighted by Crippen LogP contribution is -1.92. The minimum absolute atomic E-state index is 0.139. The van der Waals surface area contributed by atoms with E-state index in [1.54, 1.807) is 35.9 Å². The number of rotatable bonds is 4. The molecule has 0 amide bonds. The molecule has 0 atom stereocenters. The van der Waals surface area contributed by atoms with Crippen LogP contribution in [0.2, 0.25) is 0 Å². The maximum atomic E-state index is 10.9. The summed E-state index contributed by atoms with van der Waals surface area (Å²) in [5.74, 6) is 0. The predicted octanol–water partition coefficient (Wildman–Crippen LogP) is 4.62. The summed E-state index contributed by atoms with van der Waals surface area (Å²) in [7, 11) is 0. The molecule has 1 aromatic carbocycles. The lowest BCUT2D eigenvalue weighted by atomic mass is 10.0. The summed E-state index contributed by atoms with van der Waals surface area (Å²) in [6.07, 6.45) is 4.27. The van der Waals surface area contributed by atoms with Gasteiger partial charge in [0, 0.05) is 34.3 Å². The second-order valence-electron chi connectivity index (χ2n) is 5.03. The molecule has 3 aromatic rings. The maximum absolute atomic E-state index is 10.9. The van der Waals surface area contributed by atoms with Crippen LogP contribution in [0.3, 0.4) is 0 Å². The van der Waals surface area contributed by atoms with Gasteiger partial charge in [-0.05, 0) is 48.2 Å². The van der Waals surface area contributed by atoms with E-state index in [0.717, 1.165) is 11.1 Å². The normalized spacial score (nSPS) is 10.6. The van der Waals surface area contributed by atoms with E-state index in [4.69, 9.17) is 0 Å². The lowest BCUT2D eigenvalue weighted by molar-refractivity contribution is -0.384. The third-order valence-corrected chi connectivity index (χ3v) is 4.64. The fourth-order valence-corrected chi connectivity index (χ4v) is 3.40. The first-order chi connectivity index (χ1) is 10.6. The van der Waals surface area contributed by atoms with Gasteiger partial charge in [0.25, 0.3) is 5.69 Å². The van der Waals surface area contributed by atoms with Crippen LogP contribution in [-0.4, -0.2) is 9.91 Å². The van der Waals surface area contributed by atoms with Crippen molar-refractivity contribution >= 4 is 17.0 Å². The number of pyridine rings is 1. The molecule has 5 heteroatoms. The fraction of sp³-hybridized carbons (Fsp3) is 0.118. The Kier molecular flexibility index (Phi) is 3.98. The number of aromatic nitrogens is 1. The van der Waals surface area contributed by atoms with E-state index in [0.29, 0.717) is 6.42 Å². The molecular weight excluding hydrogens is 296 g/mol. The molecule has 0 aliphatic heterocycles. The van der Waals surface area contributed by atoms with Gasteiger partial charge >= 0.3 is 0 Å². The van der Waals surface area contributed by atoms with Crippen LogP contribution in [0.5, 0.6) is 0 Å². The van der Waals surface area contributed by atoms with E-state index in [1.807, 2.05) is 18.2 Å². The minimum atomic E-state index is -0.355. The Hall–Kier alpha value is -2.53. The van der Waals surface area contributed by atoms with Gasteiger partial charge < -0.3 is 0 Å². The van der Waals surface area contributed by atoms with Gasteiger partial charge in [0.2, 0.25) is 0 Å². The van der Waals surface area contributed by atoms with E-state index in [9.17, 15) is 10.1 Å². The van der Waals surface area contributed by atoms with Crippen LogP contribution in [0.25, 0.3) is 10.4 Å². The van der Waals surface area contributed by atoms with E-state index >= 15 is 0 Å². The van der Waals surface area contributed by atoms with Crippen LogP contribution in [0.15, 0.2) is 54.9 Å². The molecule has 0 unspecified atom stereocenters. The zero-order valence-electron chi connectivity index (χ0n) is 12.0. The number of hydrogen-bond donors (Lipinski definition) is 0. The van der Waals surface area contributed by atoms with Crippen molar-refractivity contribution in [2.45, 2.75) is 13.3 Å². The minimum Gasteiger partial charge on any atom is -0.265 e. The summed E-state index contributed by atoms with van der Waals surface area (Å²) in [5, 5.41) is 10.9. The Balaban J connectivity index is 1.89. The molecule has 0 fully saturated rings. The number of thiophene rings is 1. The fourth-order valence-electron chi connectivity index (χ4n) is 2.35. The van der Waals surface area contributed by atoms with Crippen LogP contribution >= 0.6 is 11.3 Å². The first-order valence-electron chi connectivity index (χ1n) is 6.86. The molecule has 2 aromatic heterocycles. The quantitative estimate of drug-likeness (QED) is 0.522. The van der Waals surface area contributed by atoms with Crippen LogP contribution < -0.4 is 0 Å². The summed E-state index contributed by atoms with van der Waals surface area (Å²) < 4.78 is 0. The monoisotopic (exact) mass is 310 g/mol. The van der Waals surface area contributed by atoms with E-state index in [-0.39, 0.29) is 10.6 Å². The second kappa shape index (κ2) is 6.07. The van der Waals surface area contributed by atoms with Crippen molar-refractivity contribution in [3.8, 4) is 10.4 Å². The van der Waals surface area contributed by atoms with Crippen molar-refractivity contribution < 1.29 is 4.92 Å². The van der Waals surface area contributed by atoms with Crippen LogP contribution in [0.1, 0.15) is 16.0 Å². The SMILES string of the molecule is Cc1sc(-c2ccncc2)cc1Cc1cccc([N+](=O)[O-])c1. The first kappa shape index (κ1) is 14.4. The Morgan fingerprint density at radius 1 is 1.18 bits per heavy atom. The van der Waals surface area contributed by atoms with Crippen molar-refractivity contribution in [3.63, 3.8) is 0 Å². The molecule has 0 saturated carbocycles. The third-order valence-electron chi connectivity index (χ3n) is 3.50. The zero-order valence-corrected chi connectivity index (χ0v) is 12.8. The molecule has 2 heterocycles. The van der Waals surface area contributed by atoms with Gasteiger partial charge in [-0.25, -0.2) is 0 Å². The van der Waals surface area contributed by atoms with Crippen LogP contribution in [0.4, 0.5) is 5.69 Å². The third kappa shape index (κ3) is 3.04. The number of aryl methyl sites for hydroxylation is 1. The van der Waals surface area contributed by atoms with Crippen molar-refractivity contribution in [1.29, 1.82) is 0 Å². The van der Waals surface area contributed by atoms with Gasteiger partial charge in [0.1, 0.15) is 0 Å². The number of nitrogens with zero attached hydrogens (tertiary/aromatic N) is 2. The molecule has 0 N–H and O–H groups in total. The summed E-state index contributed by atoms with van der Waals surface area (Å²) in [4.78, 5) is 17.0. The number of nitro groups is 1. The topological polar surface area (TPSA) is 56.0 Å². The summed E-state index contributed by atoms with van der Waals surface area (Å²) in [5.41, 5.74) is 3.45. The Morgan fingerprint density at radius 3 is 2.68 bits per heavy atom. The summed E-state index contributed by atoms with van der Waals surface area (Å²) >= 11 is 1.74. The molecule has 22 heavy (non-hydrogen) atoms. The van der Waals surface area contributed by atoms with E-state index in [1.165, 1.54) is 21.4 Å². The largest absolute Gasteiger partial charge is 0.269 e. The van der Waals surface area contributed by atoms with Crippen molar-refractivity contribution in [1.82, 2.24) is 4.98 Å². The molecule has 4 nitrogen and oxygen atoms in total. The highest BCUT2D eigenvalue weighted by Gasteiger charge is 2.10. The predicted molar refractivity (Wildman–Crippen MR) is 88.2 cm³/mol. The summed E-state index contributed by atoms with van der Waals surface area (Å²) in [6, 6.07) is 13.0. The van der Waals surface area contributed by atoms with Crippen LogP contribution in [0, 0.1) is 17.0 Å². The van der Waals surface area contributed by atoms with Crippen molar-refractivity contribution in [2.75, 3.05) is 0 Å². The van der Waals surface area contributed by atoms with Crippen molar-refractivity contribution in [3.05, 3.63) is 81.0 Å². The van der Waals surface area contributed by atoms with Gasteiger partial charge in [-0.15, -0.1) is 11.3 Å². The standard InChI is InChI=1S/C17H14N2O2S/c1-12-15(9-13-3-2-4-16(10-13)19(20)21)11-17(22-12)14-5-7-18-8-6-14/h2-8,10-11H,9H2,1H3. The molecule has 0 saturated heterocycles. The molecule has 0 bridgehead atoms. The highest BCUT2D eigenvalue weighted by atomic mass is 32.1. The smallest absolute Gasteiger partial charge is 0.265 e. The van der Waals surface area contributed by atoms with Gasteiger partial charge in [0.15, 0.2) is 0 Å². The average molecular weight is 310 g/mol. The molecule has 0 aliphatic rings. The molecule has 0 radical (unpaired) electrons. The maximum Gasteiger partial charge on any atom is 0.269 e. The molecule has 0 spiro atoms. The molecule has 110 valence electrons. The highest BCUT2D eigenvalue weighted by Crippen LogP contribution is 2.32. The number of non-ortho nitro benzene ring substituents is 1.